The third-order valence-electron chi connectivity index (χ3n) is 18.1. The number of carboxylic acids is 1. The fourth-order valence-corrected chi connectivity index (χ4v) is 12.3. The summed E-state index contributed by atoms with van der Waals surface area (Å²) in [7, 11) is 0. The fraction of sp³-hybridized carbons (Fsp3) is 0.667. The molecule has 0 radical (unpaired) electrons. The molecule has 4 aliphatic heterocycles. The zero-order valence-electron chi connectivity index (χ0n) is 57.3. The fourth-order valence-electron chi connectivity index (χ4n) is 12.3. The van der Waals surface area contributed by atoms with E-state index in [1.807, 2.05) is 62.3 Å². The molecule has 2 aromatic rings. The number of amides is 13. The van der Waals surface area contributed by atoms with Gasteiger partial charge in [-0.25, -0.2) is 28.0 Å². The van der Waals surface area contributed by atoms with Gasteiger partial charge in [0.15, 0.2) is 6.10 Å². The molecule has 2 saturated heterocycles. The number of primary amides is 2. The summed E-state index contributed by atoms with van der Waals surface area (Å²) in [4.78, 5) is 133. The molecule has 8 rings (SSSR count). The highest BCUT2D eigenvalue weighted by Crippen LogP contribution is 2.34. The Morgan fingerprint density at radius 1 is 0.542 bits per heavy atom. The van der Waals surface area contributed by atoms with Gasteiger partial charge in [-0.15, -0.1) is 12.4 Å². The van der Waals surface area contributed by atoms with E-state index in [9.17, 15) is 66.9 Å². The van der Waals surface area contributed by atoms with Crippen LogP contribution >= 0.6 is 12.4 Å². The first-order valence-corrected chi connectivity index (χ1v) is 32.6. The van der Waals surface area contributed by atoms with Crippen LogP contribution in [-0.4, -0.2) is 180 Å². The maximum atomic E-state index is 14.4. The summed E-state index contributed by atoms with van der Waals surface area (Å²) in [6, 6.07) is 2.25. The van der Waals surface area contributed by atoms with Crippen LogP contribution in [0.4, 0.5) is 28.0 Å². The Balaban J connectivity index is 0.000000299. The van der Waals surface area contributed by atoms with Crippen molar-refractivity contribution in [2.75, 3.05) is 26.2 Å². The van der Waals surface area contributed by atoms with Crippen molar-refractivity contribution in [3.05, 3.63) is 70.3 Å². The van der Waals surface area contributed by atoms with Crippen LogP contribution in [0.25, 0.3) is 0 Å². The molecule has 13 amide bonds. The number of carboxylic acid groups (broad SMARTS) is 1. The van der Waals surface area contributed by atoms with Crippen LogP contribution < -0.4 is 54.4 Å². The molecule has 2 aliphatic carbocycles. The van der Waals surface area contributed by atoms with Gasteiger partial charge in [-0.2, -0.15) is 0 Å². The van der Waals surface area contributed by atoms with Gasteiger partial charge in [0.2, 0.25) is 29.5 Å². The van der Waals surface area contributed by atoms with Crippen LogP contribution in [0.5, 0.6) is 0 Å². The van der Waals surface area contributed by atoms with Gasteiger partial charge < -0.3 is 89.3 Å². The lowest BCUT2D eigenvalue weighted by Crippen LogP contribution is -2.58. The molecule has 4 unspecified atom stereocenters. The topological polar surface area (TPSA) is 407 Å². The van der Waals surface area contributed by atoms with Gasteiger partial charge in [0.25, 0.3) is 0 Å². The number of nitrogens with one attached hydrogen (secondary N) is 7. The highest BCUT2D eigenvalue weighted by Gasteiger charge is 2.48. The molecule has 30 heteroatoms. The van der Waals surface area contributed by atoms with Gasteiger partial charge in [-0.3, -0.25) is 28.8 Å². The van der Waals surface area contributed by atoms with Gasteiger partial charge in [0, 0.05) is 67.5 Å². The number of hydrogen-bond acceptors (Lipinski definition) is 13. The molecule has 0 aromatic heterocycles. The van der Waals surface area contributed by atoms with Crippen molar-refractivity contribution in [2.45, 2.75) is 220 Å². The summed E-state index contributed by atoms with van der Waals surface area (Å²) < 4.78 is 28.5. The molecule has 16 N–H and O–H groups in total. The second kappa shape index (κ2) is 32.6. The standard InChI is InChI=1S/C33H50FN7O6.C25H36FN5O5.C8H16N2O2.ClH/c1-32(2,3)26(38-30(46)39-33(4,5)6)29(45)40-16-21(28(44)36-23(25(42)27(35)43)13-18-9-7-10-18)24(17-40)37-31(47)41-14-19-11-8-12-22(34)20(19)15-41;1-24(2,3)19(28-22(35)29-25(4,5)6)20(32)30-12-16(21(33)34)18(13-30)27-23(36)31-10-14-8-7-9-17(26)15(14)11-31;9-6(7(11)8(10)12)4-5-2-1-3-5;/h8,11-12,18,21,23-26,42H,7,9-10,13-17H2,1-6H3,(H2,35,43)(H,36,44)(H,37,47)(H2,38,39,46);7-9,16,18-19H,10-13H2,1-6H3,(H,27,36)(H,33,34)(H2,28,29,35);5-7,11H,1-4,9H2,(H2,10,12);1H/t21-,23?,24-,25?,26+;16-,18-,19+;;/m00../s1. The Hall–Kier alpha value is -7.63. The van der Waals surface area contributed by atoms with E-state index in [0.717, 1.165) is 19.3 Å². The highest BCUT2D eigenvalue weighted by molar-refractivity contribution is 5.91. The lowest BCUT2D eigenvalue weighted by Gasteiger charge is -2.34. The van der Waals surface area contributed by atoms with Gasteiger partial charge >= 0.3 is 30.1 Å². The number of nitrogens with zero attached hydrogens (tertiary/aromatic N) is 4. The van der Waals surface area contributed by atoms with Crippen molar-refractivity contribution in [3.8, 4) is 0 Å². The van der Waals surface area contributed by atoms with Gasteiger partial charge in [0.1, 0.15) is 29.8 Å². The number of carbonyl (C=O) groups is 10. The largest absolute Gasteiger partial charge is 0.481 e. The Bertz CT molecular complexity index is 3150. The number of carbonyl (C=O) groups excluding carboxylic acids is 9. The SMILES string of the molecule is CC(C)(C)NC(=O)N[C@H](C(=O)N1C[C@H](NC(=O)N2Cc3cccc(F)c3C2)[C@@H](C(=O)NC(CC2CCC2)C(O)C(N)=O)C1)C(C)(C)C.CC(C)(C)NC(=O)N[C@H](C(=O)N1C[C@H](NC(=O)N2Cc3cccc(F)c3C2)[C@@H](C(=O)O)C1)C(C)(C)C.Cl.NC(=O)C(O)C(N)CC1CCC1. The number of aliphatic hydroxyl groups excluding tert-OH is 2. The molecular formula is C66H103ClF2N14O13. The van der Waals surface area contributed by atoms with Crippen molar-refractivity contribution in [2.24, 2.45) is 51.7 Å². The van der Waals surface area contributed by atoms with Crippen molar-refractivity contribution in [1.82, 2.24) is 56.8 Å². The number of hydrogen-bond donors (Lipinski definition) is 13. The van der Waals surface area contributed by atoms with E-state index in [0.29, 0.717) is 41.0 Å². The molecule has 27 nitrogen and oxygen atoms in total. The van der Waals surface area contributed by atoms with Crippen LogP contribution in [0.2, 0.25) is 0 Å². The lowest BCUT2D eigenvalue weighted by atomic mass is 9.79. The molecule has 6 aliphatic rings. The summed E-state index contributed by atoms with van der Waals surface area (Å²) >= 11 is 0. The number of urea groups is 4. The molecule has 0 bridgehead atoms. The number of rotatable bonds is 17. The minimum Gasteiger partial charge on any atom is -0.481 e. The van der Waals surface area contributed by atoms with Crippen LogP contribution in [-0.2, 0) is 54.9 Å². The Kier molecular flexibility index (Phi) is 26.9. The van der Waals surface area contributed by atoms with E-state index in [4.69, 9.17) is 22.3 Å². The maximum absolute atomic E-state index is 14.4. The summed E-state index contributed by atoms with van der Waals surface area (Å²) in [5, 5.41) is 49.0. The zero-order valence-corrected chi connectivity index (χ0v) is 58.1. The van der Waals surface area contributed by atoms with E-state index in [-0.39, 0.29) is 76.5 Å². The van der Waals surface area contributed by atoms with Crippen molar-refractivity contribution in [3.63, 3.8) is 0 Å². The Morgan fingerprint density at radius 2 is 0.927 bits per heavy atom. The van der Waals surface area contributed by atoms with E-state index in [2.05, 4.69) is 37.2 Å². The Morgan fingerprint density at radius 3 is 1.27 bits per heavy atom. The van der Waals surface area contributed by atoms with E-state index in [1.54, 1.807) is 45.0 Å². The molecule has 2 aromatic carbocycles. The third-order valence-corrected chi connectivity index (χ3v) is 18.1. The first kappa shape index (κ1) is 79.1. The normalized spacial score (nSPS) is 21.1. The molecule has 96 heavy (non-hydrogen) atoms. The zero-order chi connectivity index (χ0) is 71.0. The van der Waals surface area contributed by atoms with Crippen LogP contribution in [0.3, 0.4) is 0 Å². The second-order valence-electron chi connectivity index (χ2n) is 30.5. The van der Waals surface area contributed by atoms with Crippen molar-refractivity contribution in [1.29, 1.82) is 0 Å². The van der Waals surface area contributed by atoms with E-state index < -0.39 is 148 Å². The molecule has 4 fully saturated rings. The van der Waals surface area contributed by atoms with Crippen LogP contribution in [0.15, 0.2) is 36.4 Å². The maximum Gasteiger partial charge on any atom is 0.318 e. The molecule has 536 valence electrons. The molecule has 2 saturated carbocycles. The summed E-state index contributed by atoms with van der Waals surface area (Å²) in [5.41, 5.74) is 15.7. The molecule has 0 spiro atoms. The third kappa shape index (κ3) is 21.7. The average Bonchev–Trinajstić information content (AvgIpc) is 1.66. The van der Waals surface area contributed by atoms with Gasteiger partial charge in [0.05, 0.1) is 43.1 Å². The minimum atomic E-state index is -1.61. The second-order valence-corrected chi connectivity index (χ2v) is 30.5. The number of likely N-dealkylation sites (tertiary alicyclic amines) is 2. The van der Waals surface area contributed by atoms with Crippen LogP contribution in [0, 0.1) is 46.1 Å². The average molecular weight is 1370 g/mol. The Labute approximate surface area is 567 Å². The number of halogens is 3. The smallest absolute Gasteiger partial charge is 0.318 e. The predicted molar refractivity (Wildman–Crippen MR) is 355 cm³/mol. The monoisotopic (exact) mass is 1370 g/mol. The number of fused-ring (bicyclic) bond motifs is 2. The summed E-state index contributed by atoms with van der Waals surface area (Å²) in [6.07, 6.45) is 4.69. The minimum absolute atomic E-state index is 0. The number of nitrogens with two attached hydrogens (primary N) is 3. The van der Waals surface area contributed by atoms with Gasteiger partial charge in [-0.1, -0.05) is 104 Å². The quantitative estimate of drug-likeness (QED) is 0.107. The molecule has 4 heterocycles. The van der Waals surface area contributed by atoms with E-state index in [1.165, 1.54) is 51.0 Å². The number of benzene rings is 2. The van der Waals surface area contributed by atoms with Gasteiger partial charge in [-0.05, 0) is 100 Å². The molecule has 10 atom stereocenters. The first-order valence-electron chi connectivity index (χ1n) is 32.6. The summed E-state index contributed by atoms with van der Waals surface area (Å²) in [5.74, 6) is -6.21. The van der Waals surface area contributed by atoms with Crippen molar-refractivity contribution >= 4 is 72.0 Å². The van der Waals surface area contributed by atoms with Crippen molar-refractivity contribution < 1.29 is 72.0 Å². The highest BCUT2D eigenvalue weighted by atomic mass is 35.5. The molecular weight excluding hydrogens is 1270 g/mol. The predicted octanol–water partition coefficient (Wildman–Crippen LogP) is 3.76. The van der Waals surface area contributed by atoms with Crippen LogP contribution in [0.1, 0.15) is 157 Å². The summed E-state index contributed by atoms with van der Waals surface area (Å²) in [6.45, 7) is 22.0. The number of aliphatic carboxylic acids is 1. The number of aliphatic hydroxyl groups is 2. The van der Waals surface area contributed by atoms with E-state index >= 15 is 0 Å². The first-order chi connectivity index (χ1) is 44.0. The lowest BCUT2D eigenvalue weighted by molar-refractivity contribution is -0.142.